The Morgan fingerprint density at radius 1 is 1.00 bits per heavy atom. The molecule has 2 aromatic heterocycles. The Morgan fingerprint density at radius 3 is 2.58 bits per heavy atom. The van der Waals surface area contributed by atoms with Gasteiger partial charge in [-0.1, -0.05) is 24.3 Å². The number of carbonyl (C=O) groups is 2. The molecule has 0 saturated heterocycles. The molecule has 0 aliphatic rings. The average Bonchev–Trinajstić information content (AvgIpc) is 3.26. The molecular weight excluding hydrogens is 342 g/mol. The molecule has 5 nitrogen and oxygen atoms in total. The van der Waals surface area contributed by atoms with E-state index < -0.39 is 0 Å². The summed E-state index contributed by atoms with van der Waals surface area (Å²) in [6.07, 6.45) is 0.876. The summed E-state index contributed by atoms with van der Waals surface area (Å²) in [5, 5.41) is 9.87. The summed E-state index contributed by atoms with van der Waals surface area (Å²) in [4.78, 5) is 28.9. The van der Waals surface area contributed by atoms with Gasteiger partial charge in [-0.3, -0.25) is 14.9 Å². The van der Waals surface area contributed by atoms with E-state index in [9.17, 15) is 9.59 Å². The fraction of sp³-hybridized carbons (Fsp3) is 0.118. The van der Waals surface area contributed by atoms with Gasteiger partial charge in [0.2, 0.25) is 5.91 Å². The Bertz CT molecular complexity index is 814. The number of carbonyl (C=O) groups excluding carboxylic acids is 2. The first kappa shape index (κ1) is 16.4. The normalized spacial score (nSPS) is 10.3. The van der Waals surface area contributed by atoms with Crippen molar-refractivity contribution in [1.29, 1.82) is 0 Å². The molecule has 2 N–H and O–H groups in total. The summed E-state index contributed by atoms with van der Waals surface area (Å²) >= 11 is 2.74. The second-order valence-electron chi connectivity index (χ2n) is 4.99. The van der Waals surface area contributed by atoms with Crippen LogP contribution < -0.4 is 10.6 Å². The van der Waals surface area contributed by atoms with E-state index in [1.54, 1.807) is 6.07 Å². The number of thiophene rings is 1. The zero-order chi connectivity index (χ0) is 16.8. The van der Waals surface area contributed by atoms with Crippen molar-refractivity contribution in [3.8, 4) is 0 Å². The lowest BCUT2D eigenvalue weighted by Crippen LogP contribution is -2.12. The van der Waals surface area contributed by atoms with Crippen LogP contribution in [0.25, 0.3) is 0 Å². The zero-order valence-electron chi connectivity index (χ0n) is 12.7. The monoisotopic (exact) mass is 357 g/mol. The Kier molecular flexibility index (Phi) is 5.35. The van der Waals surface area contributed by atoms with Crippen LogP contribution in [0.1, 0.15) is 21.8 Å². The van der Waals surface area contributed by atoms with Crippen molar-refractivity contribution < 1.29 is 9.59 Å². The van der Waals surface area contributed by atoms with E-state index in [-0.39, 0.29) is 11.8 Å². The highest BCUT2D eigenvalue weighted by molar-refractivity contribution is 7.14. The molecule has 0 fully saturated rings. The van der Waals surface area contributed by atoms with Crippen molar-refractivity contribution in [1.82, 2.24) is 4.98 Å². The largest absolute Gasteiger partial charge is 0.326 e. The molecular formula is C17H15N3O2S2. The number of para-hydroxylation sites is 1. The van der Waals surface area contributed by atoms with Gasteiger partial charge < -0.3 is 5.32 Å². The summed E-state index contributed by atoms with van der Waals surface area (Å²) in [7, 11) is 0. The summed E-state index contributed by atoms with van der Waals surface area (Å²) in [5.74, 6) is -0.217. The summed E-state index contributed by atoms with van der Waals surface area (Å²) in [5.41, 5.74) is 1.58. The molecule has 0 spiro atoms. The van der Waals surface area contributed by atoms with Gasteiger partial charge in [-0.05, 0) is 30.0 Å². The van der Waals surface area contributed by atoms with Crippen molar-refractivity contribution >= 4 is 45.3 Å². The van der Waals surface area contributed by atoms with Crippen LogP contribution in [0.4, 0.5) is 10.8 Å². The third-order valence-electron chi connectivity index (χ3n) is 3.18. The molecule has 2 amide bonds. The Morgan fingerprint density at radius 2 is 1.83 bits per heavy atom. The van der Waals surface area contributed by atoms with Gasteiger partial charge in [0.25, 0.3) is 5.91 Å². The average molecular weight is 357 g/mol. The smallest absolute Gasteiger partial charge is 0.267 e. The summed E-state index contributed by atoms with van der Waals surface area (Å²) < 4.78 is 0. The number of amides is 2. The van der Waals surface area contributed by atoms with Crippen LogP contribution in [0.15, 0.2) is 53.2 Å². The molecule has 0 saturated carbocycles. The molecule has 0 radical (unpaired) electrons. The molecule has 24 heavy (non-hydrogen) atoms. The Hall–Kier alpha value is -2.51. The van der Waals surface area contributed by atoms with Gasteiger partial charge in [-0.15, -0.1) is 22.7 Å². The van der Waals surface area contributed by atoms with Gasteiger partial charge in [-0.25, -0.2) is 4.98 Å². The van der Waals surface area contributed by atoms with E-state index in [1.165, 1.54) is 22.7 Å². The molecule has 1 aromatic carbocycles. The number of thiazole rings is 1. The number of aryl methyl sites for hydroxylation is 1. The third kappa shape index (κ3) is 4.50. The van der Waals surface area contributed by atoms with Gasteiger partial charge in [-0.2, -0.15) is 0 Å². The third-order valence-corrected chi connectivity index (χ3v) is 4.86. The highest BCUT2D eigenvalue weighted by atomic mass is 32.1. The maximum absolute atomic E-state index is 12.0. The van der Waals surface area contributed by atoms with E-state index in [0.717, 1.165) is 11.4 Å². The van der Waals surface area contributed by atoms with Crippen molar-refractivity contribution in [2.45, 2.75) is 12.8 Å². The molecule has 3 aromatic rings. The number of hydrogen-bond acceptors (Lipinski definition) is 5. The maximum Gasteiger partial charge on any atom is 0.267 e. The predicted molar refractivity (Wildman–Crippen MR) is 97.8 cm³/mol. The number of benzene rings is 1. The van der Waals surface area contributed by atoms with Crippen LogP contribution in [-0.4, -0.2) is 16.8 Å². The summed E-state index contributed by atoms with van der Waals surface area (Å²) in [6.45, 7) is 0. The molecule has 7 heteroatoms. The number of rotatable bonds is 6. The van der Waals surface area contributed by atoms with Crippen molar-refractivity contribution in [3.63, 3.8) is 0 Å². The van der Waals surface area contributed by atoms with Crippen LogP contribution in [0.3, 0.4) is 0 Å². The van der Waals surface area contributed by atoms with Crippen molar-refractivity contribution in [3.05, 3.63) is 63.8 Å². The van der Waals surface area contributed by atoms with Gasteiger partial charge in [0, 0.05) is 17.5 Å². The van der Waals surface area contributed by atoms with E-state index in [4.69, 9.17) is 0 Å². The Labute approximate surface area is 147 Å². The lowest BCUT2D eigenvalue weighted by atomic mass is 10.2. The minimum atomic E-state index is -0.160. The molecule has 0 bridgehead atoms. The Balaban J connectivity index is 1.49. The van der Waals surface area contributed by atoms with E-state index in [0.29, 0.717) is 22.9 Å². The SMILES string of the molecule is O=C(CCc1csc(NC(=O)c2cccs2)n1)Nc1ccccc1. The van der Waals surface area contributed by atoms with Crippen molar-refractivity contribution in [2.75, 3.05) is 10.6 Å². The lowest BCUT2D eigenvalue weighted by molar-refractivity contribution is -0.116. The molecule has 3 rings (SSSR count). The van der Waals surface area contributed by atoms with Gasteiger partial charge in [0.15, 0.2) is 5.13 Å². The summed E-state index contributed by atoms with van der Waals surface area (Å²) in [6, 6.07) is 12.9. The van der Waals surface area contributed by atoms with Crippen LogP contribution in [0.2, 0.25) is 0 Å². The minimum absolute atomic E-state index is 0.0571. The van der Waals surface area contributed by atoms with E-state index in [2.05, 4.69) is 15.6 Å². The highest BCUT2D eigenvalue weighted by Crippen LogP contribution is 2.19. The lowest BCUT2D eigenvalue weighted by Gasteiger charge is -2.03. The maximum atomic E-state index is 12.0. The van der Waals surface area contributed by atoms with Crippen molar-refractivity contribution in [2.24, 2.45) is 0 Å². The first-order valence-corrected chi connectivity index (χ1v) is 9.11. The van der Waals surface area contributed by atoms with Crippen LogP contribution in [-0.2, 0) is 11.2 Å². The fourth-order valence-electron chi connectivity index (χ4n) is 2.03. The first-order chi connectivity index (χ1) is 11.7. The number of nitrogens with zero attached hydrogens (tertiary/aromatic N) is 1. The van der Waals surface area contributed by atoms with Crippen LogP contribution in [0.5, 0.6) is 0 Å². The first-order valence-electron chi connectivity index (χ1n) is 7.35. The topological polar surface area (TPSA) is 71.1 Å². The molecule has 0 aliphatic carbocycles. The molecule has 0 atom stereocenters. The standard InChI is InChI=1S/C17H15N3O2S2/c21-15(18-12-5-2-1-3-6-12)9-8-13-11-24-17(19-13)20-16(22)14-7-4-10-23-14/h1-7,10-11H,8-9H2,(H,18,21)(H,19,20,22). The highest BCUT2D eigenvalue weighted by Gasteiger charge is 2.10. The number of hydrogen-bond donors (Lipinski definition) is 2. The number of aromatic nitrogens is 1. The van der Waals surface area contributed by atoms with E-state index in [1.807, 2.05) is 47.2 Å². The second-order valence-corrected chi connectivity index (χ2v) is 6.80. The minimum Gasteiger partial charge on any atom is -0.326 e. The molecule has 0 aliphatic heterocycles. The predicted octanol–water partition coefficient (Wildman–Crippen LogP) is 4.03. The quantitative estimate of drug-likeness (QED) is 0.700. The number of anilines is 2. The molecule has 0 unspecified atom stereocenters. The second kappa shape index (κ2) is 7.85. The van der Waals surface area contributed by atoms with Gasteiger partial charge in [0.1, 0.15) is 0 Å². The molecule has 2 heterocycles. The number of nitrogens with one attached hydrogen (secondary N) is 2. The molecule has 122 valence electrons. The van der Waals surface area contributed by atoms with Crippen LogP contribution in [0, 0.1) is 0 Å². The van der Waals surface area contributed by atoms with Gasteiger partial charge >= 0.3 is 0 Å². The zero-order valence-corrected chi connectivity index (χ0v) is 14.3. The van der Waals surface area contributed by atoms with Crippen LogP contribution >= 0.6 is 22.7 Å². The fourth-order valence-corrected chi connectivity index (χ4v) is 3.39. The van der Waals surface area contributed by atoms with E-state index >= 15 is 0 Å². The van der Waals surface area contributed by atoms with Gasteiger partial charge in [0.05, 0.1) is 10.6 Å².